The van der Waals surface area contributed by atoms with Crippen molar-refractivity contribution in [3.63, 3.8) is 0 Å². The zero-order valence-corrected chi connectivity index (χ0v) is 14.0. The van der Waals surface area contributed by atoms with Crippen LogP contribution in [0.15, 0.2) is 51.8 Å². The topological polar surface area (TPSA) is 63.2 Å². The first-order valence-electron chi connectivity index (χ1n) is 6.15. The van der Waals surface area contributed by atoms with Crippen LogP contribution in [0, 0.1) is 6.92 Å². The first-order valence-corrected chi connectivity index (χ1v) is 8.84. The molecule has 2 rings (SSSR count). The summed E-state index contributed by atoms with van der Waals surface area (Å²) in [6.07, 6.45) is 1.14. The Hall–Kier alpha value is -1.66. The molecule has 110 valence electrons. The fourth-order valence-corrected chi connectivity index (χ4v) is 2.91. The van der Waals surface area contributed by atoms with Crippen molar-refractivity contribution < 1.29 is 13.2 Å². The van der Waals surface area contributed by atoms with Gasteiger partial charge in [-0.3, -0.25) is 4.79 Å². The zero-order chi connectivity index (χ0) is 15.6. The highest BCUT2D eigenvalue weighted by atomic mass is 79.9. The minimum atomic E-state index is -3.31. The summed E-state index contributed by atoms with van der Waals surface area (Å²) in [5.41, 5.74) is 1.77. The van der Waals surface area contributed by atoms with Crippen molar-refractivity contribution in [2.75, 3.05) is 11.6 Å². The third-order valence-corrected chi connectivity index (χ3v) is 4.81. The molecular formula is C15H14BrNO3S. The number of benzene rings is 2. The van der Waals surface area contributed by atoms with Crippen LogP contribution >= 0.6 is 15.9 Å². The first-order chi connectivity index (χ1) is 9.79. The van der Waals surface area contributed by atoms with E-state index in [1.54, 1.807) is 24.3 Å². The summed E-state index contributed by atoms with van der Waals surface area (Å²) >= 11 is 3.32. The van der Waals surface area contributed by atoms with E-state index in [0.29, 0.717) is 15.7 Å². The van der Waals surface area contributed by atoms with E-state index in [4.69, 9.17) is 0 Å². The molecule has 0 unspecified atom stereocenters. The summed E-state index contributed by atoms with van der Waals surface area (Å²) in [5, 5.41) is 2.75. The fourth-order valence-electron chi connectivity index (χ4n) is 1.80. The van der Waals surface area contributed by atoms with Gasteiger partial charge in [-0.15, -0.1) is 0 Å². The van der Waals surface area contributed by atoms with Gasteiger partial charge in [-0.05, 0) is 52.7 Å². The number of sulfone groups is 1. The Balaban J connectivity index is 2.36. The van der Waals surface area contributed by atoms with Crippen LogP contribution < -0.4 is 5.32 Å². The maximum atomic E-state index is 12.3. The van der Waals surface area contributed by atoms with Crippen molar-refractivity contribution in [3.8, 4) is 0 Å². The minimum Gasteiger partial charge on any atom is -0.322 e. The van der Waals surface area contributed by atoms with E-state index in [1.165, 1.54) is 12.1 Å². The van der Waals surface area contributed by atoms with E-state index in [-0.39, 0.29) is 10.8 Å². The zero-order valence-electron chi connectivity index (χ0n) is 11.6. The van der Waals surface area contributed by atoms with E-state index in [0.717, 1.165) is 11.8 Å². The minimum absolute atomic E-state index is 0.176. The number of rotatable bonds is 3. The fraction of sp³-hybridized carbons (Fsp3) is 0.133. The summed E-state index contributed by atoms with van der Waals surface area (Å²) in [6.45, 7) is 1.81. The van der Waals surface area contributed by atoms with Gasteiger partial charge < -0.3 is 5.32 Å². The van der Waals surface area contributed by atoms with E-state index < -0.39 is 9.84 Å². The van der Waals surface area contributed by atoms with Crippen LogP contribution in [0.3, 0.4) is 0 Å². The molecule has 0 bridgehead atoms. The molecule has 0 fully saturated rings. The second-order valence-electron chi connectivity index (χ2n) is 4.68. The van der Waals surface area contributed by atoms with E-state index in [2.05, 4.69) is 21.2 Å². The highest BCUT2D eigenvalue weighted by Gasteiger charge is 2.13. The first kappa shape index (κ1) is 15.7. The number of amides is 1. The molecule has 2 aromatic carbocycles. The Morgan fingerprint density at radius 3 is 2.43 bits per heavy atom. The SMILES string of the molecule is Cc1ccc(S(C)(=O)=O)cc1NC(=O)c1ccccc1Br. The van der Waals surface area contributed by atoms with Gasteiger partial charge >= 0.3 is 0 Å². The Bertz CT molecular complexity index is 800. The van der Waals surface area contributed by atoms with Gasteiger partial charge in [-0.1, -0.05) is 18.2 Å². The quantitative estimate of drug-likeness (QED) is 0.903. The van der Waals surface area contributed by atoms with Gasteiger partial charge in [0.2, 0.25) is 0 Å². The number of carbonyl (C=O) groups excluding carboxylic acids is 1. The van der Waals surface area contributed by atoms with Gasteiger partial charge in [-0.2, -0.15) is 0 Å². The number of carbonyl (C=O) groups is 1. The van der Waals surface area contributed by atoms with Gasteiger partial charge in [0, 0.05) is 16.4 Å². The van der Waals surface area contributed by atoms with Crippen molar-refractivity contribution in [2.45, 2.75) is 11.8 Å². The number of nitrogens with one attached hydrogen (secondary N) is 1. The van der Waals surface area contributed by atoms with Crippen molar-refractivity contribution in [3.05, 3.63) is 58.1 Å². The van der Waals surface area contributed by atoms with Crippen molar-refractivity contribution in [1.29, 1.82) is 0 Å². The molecule has 0 saturated heterocycles. The standard InChI is InChI=1S/C15H14BrNO3S/c1-10-7-8-11(21(2,19)20)9-14(10)17-15(18)12-5-3-4-6-13(12)16/h3-9H,1-2H3,(H,17,18). The van der Waals surface area contributed by atoms with Crippen LogP contribution in [-0.2, 0) is 9.84 Å². The lowest BCUT2D eigenvalue weighted by atomic mass is 10.1. The summed E-state index contributed by atoms with van der Waals surface area (Å²) in [6, 6.07) is 11.7. The number of halogens is 1. The number of hydrogen-bond acceptors (Lipinski definition) is 3. The summed E-state index contributed by atoms with van der Waals surface area (Å²) in [4.78, 5) is 12.4. The van der Waals surface area contributed by atoms with Gasteiger partial charge in [0.1, 0.15) is 0 Å². The number of aryl methyl sites for hydroxylation is 1. The van der Waals surface area contributed by atoms with E-state index in [1.807, 2.05) is 13.0 Å². The van der Waals surface area contributed by atoms with E-state index >= 15 is 0 Å². The molecule has 0 radical (unpaired) electrons. The Morgan fingerprint density at radius 1 is 1.14 bits per heavy atom. The highest BCUT2D eigenvalue weighted by Crippen LogP contribution is 2.22. The van der Waals surface area contributed by atoms with Crippen LogP contribution in [0.5, 0.6) is 0 Å². The summed E-state index contributed by atoms with van der Waals surface area (Å²) in [7, 11) is -3.31. The third kappa shape index (κ3) is 3.71. The molecule has 2 aromatic rings. The van der Waals surface area contributed by atoms with Crippen LogP contribution in [-0.4, -0.2) is 20.6 Å². The molecule has 0 aromatic heterocycles. The summed E-state index contributed by atoms with van der Waals surface area (Å²) < 4.78 is 23.9. The second kappa shape index (κ2) is 5.99. The van der Waals surface area contributed by atoms with Gasteiger partial charge in [-0.25, -0.2) is 8.42 Å². The van der Waals surface area contributed by atoms with Gasteiger partial charge in [0.25, 0.3) is 5.91 Å². The molecule has 0 saturated carbocycles. The Labute approximate surface area is 132 Å². The number of anilines is 1. The molecule has 4 nitrogen and oxygen atoms in total. The lowest BCUT2D eigenvalue weighted by molar-refractivity contribution is 0.102. The molecule has 0 atom stereocenters. The molecule has 21 heavy (non-hydrogen) atoms. The predicted octanol–water partition coefficient (Wildman–Crippen LogP) is 3.41. The lowest BCUT2D eigenvalue weighted by Crippen LogP contribution is -2.14. The average Bonchev–Trinajstić information content (AvgIpc) is 2.40. The Morgan fingerprint density at radius 2 is 1.81 bits per heavy atom. The average molecular weight is 368 g/mol. The molecule has 0 aliphatic heterocycles. The van der Waals surface area contributed by atoms with Crippen LogP contribution in [0.2, 0.25) is 0 Å². The van der Waals surface area contributed by atoms with Crippen molar-refractivity contribution >= 4 is 37.4 Å². The Kier molecular flexibility index (Phi) is 4.49. The lowest BCUT2D eigenvalue weighted by Gasteiger charge is -2.11. The van der Waals surface area contributed by atoms with E-state index in [9.17, 15) is 13.2 Å². The third-order valence-electron chi connectivity index (χ3n) is 3.00. The molecule has 0 aliphatic carbocycles. The van der Waals surface area contributed by atoms with Crippen molar-refractivity contribution in [2.24, 2.45) is 0 Å². The molecule has 0 spiro atoms. The molecule has 6 heteroatoms. The smallest absolute Gasteiger partial charge is 0.256 e. The maximum Gasteiger partial charge on any atom is 0.256 e. The monoisotopic (exact) mass is 367 g/mol. The molecule has 1 N–H and O–H groups in total. The normalized spacial score (nSPS) is 11.2. The largest absolute Gasteiger partial charge is 0.322 e. The molecule has 0 aliphatic rings. The summed E-state index contributed by atoms with van der Waals surface area (Å²) in [5.74, 6) is -0.295. The molecule has 1 amide bonds. The van der Waals surface area contributed by atoms with Gasteiger partial charge in [0.05, 0.1) is 10.5 Å². The molecular weight excluding hydrogens is 354 g/mol. The van der Waals surface area contributed by atoms with Crippen LogP contribution in [0.4, 0.5) is 5.69 Å². The highest BCUT2D eigenvalue weighted by molar-refractivity contribution is 9.10. The van der Waals surface area contributed by atoms with Crippen LogP contribution in [0.1, 0.15) is 15.9 Å². The maximum absolute atomic E-state index is 12.3. The van der Waals surface area contributed by atoms with Gasteiger partial charge in [0.15, 0.2) is 9.84 Å². The second-order valence-corrected chi connectivity index (χ2v) is 7.55. The molecule has 0 heterocycles. The van der Waals surface area contributed by atoms with Crippen LogP contribution in [0.25, 0.3) is 0 Å². The van der Waals surface area contributed by atoms with Crippen molar-refractivity contribution in [1.82, 2.24) is 0 Å². The predicted molar refractivity (Wildman–Crippen MR) is 86.4 cm³/mol. The number of hydrogen-bond donors (Lipinski definition) is 1.